The quantitative estimate of drug-likeness (QED) is 0.682. The average Bonchev–Trinajstić information content (AvgIpc) is 3.20. The highest BCUT2D eigenvalue weighted by molar-refractivity contribution is 6.07. The summed E-state index contributed by atoms with van der Waals surface area (Å²) in [5.74, 6) is -0.0651. The minimum atomic E-state index is -0.0968. The summed E-state index contributed by atoms with van der Waals surface area (Å²) in [7, 11) is 3.91. The molecular weight excluding hydrogens is 386 g/mol. The Morgan fingerprint density at radius 1 is 0.968 bits per heavy atom. The molecule has 5 heteroatoms. The molecule has 31 heavy (non-hydrogen) atoms. The lowest BCUT2D eigenvalue weighted by atomic mass is 10.1. The number of fused-ring (bicyclic) bond motifs is 1. The number of amides is 2. The SMILES string of the molecule is Cc1cccc(C(=O)N2CCc3cc(CNC(=O)c4cccc(N(C)C)c4)ccc32)c1. The smallest absolute Gasteiger partial charge is 0.258 e. The van der Waals surface area contributed by atoms with Gasteiger partial charge in [-0.2, -0.15) is 0 Å². The number of carbonyl (C=O) groups excluding carboxylic acids is 2. The summed E-state index contributed by atoms with van der Waals surface area (Å²) in [6, 6.07) is 21.3. The fourth-order valence-corrected chi connectivity index (χ4v) is 3.92. The molecule has 0 radical (unpaired) electrons. The van der Waals surface area contributed by atoms with E-state index in [4.69, 9.17) is 0 Å². The van der Waals surface area contributed by atoms with Crippen LogP contribution in [0.15, 0.2) is 66.7 Å². The van der Waals surface area contributed by atoms with E-state index < -0.39 is 0 Å². The number of nitrogens with zero attached hydrogens (tertiary/aromatic N) is 2. The highest BCUT2D eigenvalue weighted by Crippen LogP contribution is 2.30. The van der Waals surface area contributed by atoms with Crippen molar-refractivity contribution < 1.29 is 9.59 Å². The predicted octanol–water partition coefficient (Wildman–Crippen LogP) is 4.19. The zero-order valence-corrected chi connectivity index (χ0v) is 18.2. The molecular formula is C26H27N3O2. The first-order valence-corrected chi connectivity index (χ1v) is 10.5. The maximum Gasteiger partial charge on any atom is 0.258 e. The van der Waals surface area contributed by atoms with Gasteiger partial charge in [0.1, 0.15) is 0 Å². The highest BCUT2D eigenvalue weighted by atomic mass is 16.2. The number of aryl methyl sites for hydroxylation is 1. The van der Waals surface area contributed by atoms with Crippen LogP contribution >= 0.6 is 0 Å². The summed E-state index contributed by atoms with van der Waals surface area (Å²) >= 11 is 0. The summed E-state index contributed by atoms with van der Waals surface area (Å²) in [5.41, 5.74) is 6.55. The van der Waals surface area contributed by atoms with Crippen LogP contribution in [0.1, 0.15) is 37.4 Å². The van der Waals surface area contributed by atoms with E-state index in [1.165, 1.54) is 0 Å². The van der Waals surface area contributed by atoms with Gasteiger partial charge in [0, 0.05) is 49.7 Å². The van der Waals surface area contributed by atoms with Crippen molar-refractivity contribution in [1.29, 1.82) is 0 Å². The second kappa shape index (κ2) is 8.64. The maximum absolute atomic E-state index is 13.0. The maximum atomic E-state index is 13.0. The Bertz CT molecular complexity index is 1140. The van der Waals surface area contributed by atoms with Crippen LogP contribution < -0.4 is 15.1 Å². The monoisotopic (exact) mass is 413 g/mol. The van der Waals surface area contributed by atoms with E-state index in [1.807, 2.05) is 91.5 Å². The number of nitrogens with one attached hydrogen (secondary N) is 1. The van der Waals surface area contributed by atoms with Gasteiger partial charge in [0.05, 0.1) is 0 Å². The molecule has 158 valence electrons. The second-order valence-electron chi connectivity index (χ2n) is 8.17. The first kappa shape index (κ1) is 20.7. The van der Waals surface area contributed by atoms with Gasteiger partial charge in [0.2, 0.25) is 0 Å². The molecule has 1 heterocycles. The molecule has 1 N–H and O–H groups in total. The largest absolute Gasteiger partial charge is 0.378 e. The van der Waals surface area contributed by atoms with Gasteiger partial charge < -0.3 is 15.1 Å². The molecule has 1 aliphatic heterocycles. The lowest BCUT2D eigenvalue weighted by molar-refractivity contribution is 0.0949. The number of rotatable bonds is 5. The van der Waals surface area contributed by atoms with Crippen LogP contribution in [0.4, 0.5) is 11.4 Å². The van der Waals surface area contributed by atoms with E-state index in [9.17, 15) is 9.59 Å². The Kier molecular flexibility index (Phi) is 5.76. The molecule has 1 aliphatic rings. The Morgan fingerprint density at radius 2 is 1.74 bits per heavy atom. The first-order valence-electron chi connectivity index (χ1n) is 10.5. The van der Waals surface area contributed by atoms with E-state index in [0.29, 0.717) is 24.2 Å². The van der Waals surface area contributed by atoms with Gasteiger partial charge in [-0.1, -0.05) is 35.9 Å². The Balaban J connectivity index is 1.44. The molecule has 2 amide bonds. The molecule has 0 aliphatic carbocycles. The summed E-state index contributed by atoms with van der Waals surface area (Å²) in [4.78, 5) is 29.3. The minimum Gasteiger partial charge on any atom is -0.378 e. The van der Waals surface area contributed by atoms with Crippen LogP contribution in [0.25, 0.3) is 0 Å². The molecule has 0 aromatic heterocycles. The van der Waals surface area contributed by atoms with Gasteiger partial charge in [0.25, 0.3) is 11.8 Å². The summed E-state index contributed by atoms with van der Waals surface area (Å²) in [5, 5.41) is 3.00. The van der Waals surface area contributed by atoms with Gasteiger partial charge in [-0.15, -0.1) is 0 Å². The van der Waals surface area contributed by atoms with E-state index in [1.54, 1.807) is 0 Å². The minimum absolute atomic E-state index is 0.0317. The van der Waals surface area contributed by atoms with Crippen molar-refractivity contribution in [2.24, 2.45) is 0 Å². The number of anilines is 2. The van der Waals surface area contributed by atoms with E-state index in [-0.39, 0.29) is 11.8 Å². The summed E-state index contributed by atoms with van der Waals surface area (Å²) in [6.45, 7) is 3.12. The fraction of sp³-hybridized carbons (Fsp3) is 0.231. The molecule has 0 saturated carbocycles. The van der Waals surface area contributed by atoms with Crippen molar-refractivity contribution >= 4 is 23.2 Å². The number of benzene rings is 3. The molecule has 0 saturated heterocycles. The van der Waals surface area contributed by atoms with E-state index >= 15 is 0 Å². The zero-order valence-electron chi connectivity index (χ0n) is 18.2. The molecule has 0 fully saturated rings. The summed E-state index contributed by atoms with van der Waals surface area (Å²) in [6.07, 6.45) is 0.819. The van der Waals surface area contributed by atoms with Gasteiger partial charge >= 0.3 is 0 Å². The van der Waals surface area contributed by atoms with E-state index in [2.05, 4.69) is 11.4 Å². The van der Waals surface area contributed by atoms with Crippen molar-refractivity contribution in [2.75, 3.05) is 30.4 Å². The third-order valence-electron chi connectivity index (χ3n) is 5.63. The zero-order chi connectivity index (χ0) is 22.0. The third-order valence-corrected chi connectivity index (χ3v) is 5.63. The van der Waals surface area contributed by atoms with Crippen LogP contribution in [0.3, 0.4) is 0 Å². The van der Waals surface area contributed by atoms with Crippen LogP contribution in [-0.4, -0.2) is 32.5 Å². The molecule has 0 bridgehead atoms. The number of hydrogen-bond donors (Lipinski definition) is 1. The fourth-order valence-electron chi connectivity index (χ4n) is 3.92. The van der Waals surface area contributed by atoms with Crippen molar-refractivity contribution in [1.82, 2.24) is 5.32 Å². The Hall–Kier alpha value is -3.60. The number of carbonyl (C=O) groups is 2. The molecule has 5 nitrogen and oxygen atoms in total. The Morgan fingerprint density at radius 3 is 2.52 bits per heavy atom. The predicted molar refractivity (Wildman–Crippen MR) is 125 cm³/mol. The van der Waals surface area contributed by atoms with Crippen molar-refractivity contribution in [3.05, 3.63) is 94.5 Å². The summed E-state index contributed by atoms with van der Waals surface area (Å²) < 4.78 is 0. The average molecular weight is 414 g/mol. The molecule has 0 unspecified atom stereocenters. The van der Waals surface area contributed by atoms with Gasteiger partial charge in [0.15, 0.2) is 0 Å². The standard InChI is InChI=1S/C26H27N3O2/c1-18-6-4-8-22(14-18)26(31)29-13-12-20-15-19(10-11-24(20)29)17-27-25(30)21-7-5-9-23(16-21)28(2)3/h4-11,14-16H,12-13,17H2,1-3H3,(H,27,30). The number of hydrogen-bond acceptors (Lipinski definition) is 3. The second-order valence-corrected chi connectivity index (χ2v) is 8.17. The van der Waals surface area contributed by atoms with Crippen LogP contribution in [0, 0.1) is 6.92 Å². The van der Waals surface area contributed by atoms with Crippen molar-refractivity contribution in [2.45, 2.75) is 19.9 Å². The normalized spacial score (nSPS) is 12.4. The highest BCUT2D eigenvalue weighted by Gasteiger charge is 2.25. The lowest BCUT2D eigenvalue weighted by Gasteiger charge is -2.18. The lowest BCUT2D eigenvalue weighted by Crippen LogP contribution is -2.28. The topological polar surface area (TPSA) is 52.7 Å². The molecule has 4 rings (SSSR count). The van der Waals surface area contributed by atoms with Gasteiger partial charge in [-0.3, -0.25) is 9.59 Å². The van der Waals surface area contributed by atoms with Crippen LogP contribution in [-0.2, 0) is 13.0 Å². The molecule has 3 aromatic carbocycles. The Labute approximate surface area is 183 Å². The molecule has 0 atom stereocenters. The van der Waals surface area contributed by atoms with Crippen molar-refractivity contribution in [3.63, 3.8) is 0 Å². The molecule has 0 spiro atoms. The van der Waals surface area contributed by atoms with Crippen molar-refractivity contribution in [3.8, 4) is 0 Å². The first-order chi connectivity index (χ1) is 14.9. The molecule has 3 aromatic rings. The third kappa shape index (κ3) is 4.45. The van der Waals surface area contributed by atoms with Crippen LogP contribution in [0.2, 0.25) is 0 Å². The van der Waals surface area contributed by atoms with Gasteiger partial charge in [-0.05, 0) is 60.9 Å². The van der Waals surface area contributed by atoms with E-state index in [0.717, 1.165) is 34.5 Å². The van der Waals surface area contributed by atoms with Gasteiger partial charge in [-0.25, -0.2) is 0 Å². The van der Waals surface area contributed by atoms with Crippen LogP contribution in [0.5, 0.6) is 0 Å².